The average Bonchev–Trinajstić information content (AvgIpc) is 2.78. The molecule has 0 amide bonds. The quantitative estimate of drug-likeness (QED) is 0.568. The molecule has 1 heterocycles. The highest BCUT2D eigenvalue weighted by molar-refractivity contribution is 7.09. The first-order valence-corrected chi connectivity index (χ1v) is 7.27. The van der Waals surface area contributed by atoms with Crippen molar-refractivity contribution in [3.63, 3.8) is 0 Å². The van der Waals surface area contributed by atoms with E-state index in [4.69, 9.17) is 5.73 Å². The number of carbonyl (C=O) groups is 1. The highest BCUT2D eigenvalue weighted by Gasteiger charge is 2.12. The Morgan fingerprint density at radius 1 is 1.41 bits per heavy atom. The van der Waals surface area contributed by atoms with Gasteiger partial charge < -0.3 is 5.73 Å². The van der Waals surface area contributed by atoms with Crippen LogP contribution in [0.2, 0.25) is 0 Å². The van der Waals surface area contributed by atoms with Crippen LogP contribution in [-0.4, -0.2) is 10.8 Å². The van der Waals surface area contributed by atoms with E-state index in [0.29, 0.717) is 12.1 Å². The lowest BCUT2D eigenvalue weighted by Crippen LogP contribution is -2.06. The number of hydrogen-bond acceptors (Lipinski definition) is 4. The van der Waals surface area contributed by atoms with Gasteiger partial charge in [0.05, 0.1) is 6.04 Å². The van der Waals surface area contributed by atoms with Gasteiger partial charge in [-0.1, -0.05) is 32.6 Å². The van der Waals surface area contributed by atoms with Gasteiger partial charge in [0.2, 0.25) is 0 Å². The van der Waals surface area contributed by atoms with Crippen LogP contribution < -0.4 is 5.73 Å². The third kappa shape index (κ3) is 4.96. The molecule has 1 rings (SSSR count). The van der Waals surface area contributed by atoms with Gasteiger partial charge in [0.15, 0.2) is 5.78 Å². The van der Waals surface area contributed by atoms with Crippen molar-refractivity contribution < 1.29 is 4.79 Å². The number of carbonyl (C=O) groups excluding carboxylic acids is 1. The molecule has 0 spiro atoms. The minimum atomic E-state index is -0.0777. The highest BCUT2D eigenvalue weighted by atomic mass is 32.1. The Labute approximate surface area is 107 Å². The summed E-state index contributed by atoms with van der Waals surface area (Å²) in [4.78, 5) is 16.1. The summed E-state index contributed by atoms with van der Waals surface area (Å²) in [5.41, 5.74) is 6.31. The molecule has 3 nitrogen and oxygen atoms in total. The van der Waals surface area contributed by atoms with Crippen LogP contribution in [0.15, 0.2) is 5.38 Å². The van der Waals surface area contributed by atoms with Crippen molar-refractivity contribution >= 4 is 17.1 Å². The Kier molecular flexibility index (Phi) is 6.37. The zero-order valence-corrected chi connectivity index (χ0v) is 11.6. The highest BCUT2D eigenvalue weighted by Crippen LogP contribution is 2.17. The monoisotopic (exact) mass is 254 g/mol. The largest absolute Gasteiger partial charge is 0.322 e. The molecule has 1 aromatic heterocycles. The maximum absolute atomic E-state index is 11.8. The third-order valence-electron chi connectivity index (χ3n) is 2.70. The minimum absolute atomic E-state index is 0.0777. The second kappa shape index (κ2) is 7.56. The van der Waals surface area contributed by atoms with E-state index in [0.717, 1.165) is 17.8 Å². The number of thiazole rings is 1. The lowest BCUT2D eigenvalue weighted by atomic mass is 10.1. The van der Waals surface area contributed by atoms with E-state index in [2.05, 4.69) is 11.9 Å². The van der Waals surface area contributed by atoms with Gasteiger partial charge in [-0.15, -0.1) is 11.3 Å². The van der Waals surface area contributed by atoms with Gasteiger partial charge >= 0.3 is 0 Å². The van der Waals surface area contributed by atoms with Crippen molar-refractivity contribution in [1.82, 2.24) is 4.98 Å². The fourth-order valence-electron chi connectivity index (χ4n) is 1.64. The van der Waals surface area contributed by atoms with Crippen LogP contribution in [0, 0.1) is 0 Å². The number of nitrogens with two attached hydrogens (primary N) is 1. The Morgan fingerprint density at radius 3 is 2.71 bits per heavy atom. The number of nitrogens with zero attached hydrogens (tertiary/aromatic N) is 1. The van der Waals surface area contributed by atoms with E-state index < -0.39 is 0 Å². The van der Waals surface area contributed by atoms with Crippen molar-refractivity contribution in [2.75, 3.05) is 0 Å². The molecule has 0 fully saturated rings. The summed E-state index contributed by atoms with van der Waals surface area (Å²) in [6.07, 6.45) is 6.46. The number of rotatable bonds is 8. The molecule has 0 saturated carbocycles. The predicted octanol–water partition coefficient (Wildman–Crippen LogP) is 3.71. The van der Waals surface area contributed by atoms with Gasteiger partial charge in [-0.3, -0.25) is 4.79 Å². The van der Waals surface area contributed by atoms with Crippen molar-refractivity contribution in [3.8, 4) is 0 Å². The number of aromatic nitrogens is 1. The summed E-state index contributed by atoms with van der Waals surface area (Å²) in [6, 6.07) is -0.0777. The maximum Gasteiger partial charge on any atom is 0.182 e. The number of ketones is 1. The van der Waals surface area contributed by atoms with Gasteiger partial charge in [-0.2, -0.15) is 0 Å². The lowest BCUT2D eigenvalue weighted by molar-refractivity contribution is 0.0975. The normalized spacial score (nSPS) is 12.6. The smallest absolute Gasteiger partial charge is 0.182 e. The van der Waals surface area contributed by atoms with Crippen LogP contribution in [0.3, 0.4) is 0 Å². The van der Waals surface area contributed by atoms with Crippen LogP contribution in [0.4, 0.5) is 0 Å². The van der Waals surface area contributed by atoms with Gasteiger partial charge in [0, 0.05) is 11.8 Å². The molecule has 0 radical (unpaired) electrons. The first-order valence-electron chi connectivity index (χ1n) is 6.39. The van der Waals surface area contributed by atoms with E-state index in [1.807, 2.05) is 12.3 Å². The van der Waals surface area contributed by atoms with Gasteiger partial charge in [-0.05, 0) is 13.3 Å². The van der Waals surface area contributed by atoms with Gasteiger partial charge in [0.25, 0.3) is 0 Å². The molecular formula is C13H22N2OS. The first kappa shape index (κ1) is 14.3. The summed E-state index contributed by atoms with van der Waals surface area (Å²) in [5.74, 6) is 0.157. The van der Waals surface area contributed by atoms with Crippen LogP contribution in [0.1, 0.15) is 73.9 Å². The summed E-state index contributed by atoms with van der Waals surface area (Å²) in [6.45, 7) is 4.08. The zero-order valence-electron chi connectivity index (χ0n) is 10.7. The van der Waals surface area contributed by atoms with E-state index in [-0.39, 0.29) is 11.8 Å². The molecule has 0 aromatic carbocycles. The SMILES string of the molecule is CCCCCCCC(=O)c1csc(C(C)N)n1. The van der Waals surface area contributed by atoms with E-state index in [1.54, 1.807) is 0 Å². The van der Waals surface area contributed by atoms with E-state index >= 15 is 0 Å². The van der Waals surface area contributed by atoms with Gasteiger partial charge in [0.1, 0.15) is 10.7 Å². The van der Waals surface area contributed by atoms with Crippen LogP contribution in [0.25, 0.3) is 0 Å². The average molecular weight is 254 g/mol. The molecule has 0 saturated heterocycles. The minimum Gasteiger partial charge on any atom is -0.322 e. The Hall–Kier alpha value is -0.740. The van der Waals surface area contributed by atoms with E-state index in [1.165, 1.54) is 30.6 Å². The topological polar surface area (TPSA) is 56.0 Å². The summed E-state index contributed by atoms with van der Waals surface area (Å²) >= 11 is 1.48. The molecule has 4 heteroatoms. The molecule has 0 aliphatic rings. The van der Waals surface area contributed by atoms with Crippen LogP contribution in [0.5, 0.6) is 0 Å². The zero-order chi connectivity index (χ0) is 12.7. The maximum atomic E-state index is 11.8. The van der Waals surface area contributed by atoms with Crippen LogP contribution >= 0.6 is 11.3 Å². The molecule has 0 bridgehead atoms. The fourth-order valence-corrected chi connectivity index (χ4v) is 2.42. The Morgan fingerprint density at radius 2 is 2.12 bits per heavy atom. The molecule has 0 aliphatic carbocycles. The molecule has 1 atom stereocenters. The molecule has 1 aromatic rings. The molecule has 0 aliphatic heterocycles. The van der Waals surface area contributed by atoms with E-state index in [9.17, 15) is 4.79 Å². The molecule has 1 unspecified atom stereocenters. The molecular weight excluding hydrogens is 232 g/mol. The lowest BCUT2D eigenvalue weighted by Gasteiger charge is -1.99. The van der Waals surface area contributed by atoms with Crippen molar-refractivity contribution in [2.45, 2.75) is 58.4 Å². The van der Waals surface area contributed by atoms with Crippen molar-refractivity contribution in [2.24, 2.45) is 5.73 Å². The first-order chi connectivity index (χ1) is 8.15. The number of Topliss-reactive ketones (excluding diaryl/α,β-unsaturated/α-hetero) is 1. The predicted molar refractivity (Wildman–Crippen MR) is 72.4 cm³/mol. The standard InChI is InChI=1S/C13H22N2OS/c1-3-4-5-6-7-8-12(16)11-9-17-13(15-11)10(2)14/h9-10H,3-8,14H2,1-2H3. The van der Waals surface area contributed by atoms with Crippen molar-refractivity contribution in [1.29, 1.82) is 0 Å². The number of hydrogen-bond donors (Lipinski definition) is 1. The third-order valence-corrected chi connectivity index (χ3v) is 3.75. The molecule has 17 heavy (non-hydrogen) atoms. The Balaban J connectivity index is 2.31. The fraction of sp³-hybridized carbons (Fsp3) is 0.692. The van der Waals surface area contributed by atoms with Crippen LogP contribution in [-0.2, 0) is 0 Å². The molecule has 96 valence electrons. The second-order valence-electron chi connectivity index (χ2n) is 4.45. The van der Waals surface area contributed by atoms with Gasteiger partial charge in [-0.25, -0.2) is 4.98 Å². The molecule has 2 N–H and O–H groups in total. The summed E-state index contributed by atoms with van der Waals surface area (Å²) in [7, 11) is 0. The summed E-state index contributed by atoms with van der Waals surface area (Å²) < 4.78 is 0. The second-order valence-corrected chi connectivity index (χ2v) is 5.34. The Bertz CT molecular complexity index is 347. The van der Waals surface area contributed by atoms with Crippen molar-refractivity contribution in [3.05, 3.63) is 16.1 Å². The number of unbranched alkanes of at least 4 members (excludes halogenated alkanes) is 4. The summed E-state index contributed by atoms with van der Waals surface area (Å²) in [5, 5.41) is 2.67.